The summed E-state index contributed by atoms with van der Waals surface area (Å²) in [4.78, 5) is 7.75. The van der Waals surface area contributed by atoms with Gasteiger partial charge in [0.25, 0.3) is 0 Å². The molecule has 1 N–H and O–H groups in total. The molecule has 0 radical (unpaired) electrons. The average molecular weight is 388 g/mol. The number of rotatable bonds is 2. The van der Waals surface area contributed by atoms with Crippen molar-refractivity contribution in [2.45, 2.75) is 0 Å². The van der Waals surface area contributed by atoms with E-state index >= 15 is 0 Å². The van der Waals surface area contributed by atoms with Gasteiger partial charge in [-0.2, -0.15) is 0 Å². The van der Waals surface area contributed by atoms with Gasteiger partial charge >= 0.3 is 68.0 Å². The van der Waals surface area contributed by atoms with Crippen LogP contribution in [-0.2, 0) is 78.1 Å². The fourth-order valence-electron chi connectivity index (χ4n) is 0.0625. The Hall–Kier alpha value is -0.431. The minimum Gasteiger partial charge on any atom is -0.545 e. The second-order valence-electron chi connectivity index (χ2n) is 0.604. The molecule has 0 aromatic carbocycles. The van der Waals surface area contributed by atoms with Crippen LogP contribution in [0.2, 0.25) is 0 Å². The minimum atomic E-state index is 0. The van der Waals surface area contributed by atoms with E-state index in [0.717, 1.165) is 11.8 Å². The van der Waals surface area contributed by atoms with Gasteiger partial charge in [0.1, 0.15) is 0 Å². The summed E-state index contributed by atoms with van der Waals surface area (Å²) in [6, 6.07) is 0. The van der Waals surface area contributed by atoms with Crippen molar-refractivity contribution in [2.75, 3.05) is 11.8 Å². The Morgan fingerprint density at radius 2 is 0.947 bits per heavy atom. The summed E-state index contributed by atoms with van der Waals surface area (Å²) in [5.74, 6) is 1.70. The minimum absolute atomic E-state index is 0. The van der Waals surface area contributed by atoms with Gasteiger partial charge in [-0.05, 0) is 25.3 Å². The zero-order chi connectivity index (χ0) is 16.1. The first-order valence-electron chi connectivity index (χ1n) is 2.71. The molecular weight excluding hydrogens is 378 g/mol. The van der Waals surface area contributed by atoms with E-state index < -0.39 is 0 Å². The van der Waals surface area contributed by atoms with Crippen molar-refractivity contribution in [1.29, 1.82) is 10.5 Å². The van der Waals surface area contributed by atoms with Crippen molar-refractivity contribution in [1.82, 2.24) is 5.32 Å². The molecule has 7 nitrogen and oxygen atoms in total. The van der Waals surface area contributed by atoms with Crippen LogP contribution in [0.3, 0.4) is 0 Å². The monoisotopic (exact) mass is 388 g/mol. The number of nitrogens with one attached hydrogen (secondary N) is 1. The molecule has 0 fully saturated rings. The maximum absolute atomic E-state index is 7.75. The number of carbonyl (C=O) groups excluding carboxylic acids is 1. The predicted molar refractivity (Wildman–Crippen MR) is 61.7 cm³/mol. The van der Waals surface area contributed by atoms with Gasteiger partial charge in [0.15, 0.2) is 11.8 Å². The number of hydrogen-bond donors (Lipinski definition) is 1. The molecule has 0 spiro atoms. The summed E-state index contributed by atoms with van der Waals surface area (Å²) in [5.41, 5.74) is 0. The largest absolute Gasteiger partial charge is 4.00 e. The normalized spacial score (nSPS) is 2.95. The predicted octanol–water partition coefficient (Wildman–Crippen LogP) is -1.68. The van der Waals surface area contributed by atoms with Crippen LogP contribution in [-0.4, -0.2) is 18.5 Å². The third kappa shape index (κ3) is 1730. The zero-order valence-corrected chi connectivity index (χ0v) is 13.4. The summed E-state index contributed by atoms with van der Waals surface area (Å²) in [5, 5.41) is 15.4. The second kappa shape index (κ2) is 731. The molecule has 104 valence electrons. The first kappa shape index (κ1) is 62.6. The van der Waals surface area contributed by atoms with E-state index in [-0.39, 0.29) is 34.1 Å². The van der Waals surface area contributed by atoms with Crippen molar-refractivity contribution in [2.24, 2.45) is 0 Å². The third-order valence-electron chi connectivity index (χ3n) is 0.250. The van der Waals surface area contributed by atoms with Gasteiger partial charge in [-0.15, -0.1) is 0 Å². The standard InChI is InChI=1S/C2H7NS2.2CN.CHO.3CO.2Fe/c4-1-3-2-5;6*1-2;;/h3-5H,1-2H2;;;1H;;;;;/q;3*-1;;;;+2;+4/p+2. The van der Waals surface area contributed by atoms with Crippen LogP contribution >= 0.6 is 0 Å². The molecular formula is C8H10Fe2N3O4S2+5. The van der Waals surface area contributed by atoms with Gasteiger partial charge in [-0.3, -0.25) is 6.79 Å². The van der Waals surface area contributed by atoms with Crippen LogP contribution in [0.15, 0.2) is 0 Å². The molecule has 0 aliphatic rings. The molecule has 0 bridgehead atoms. The Labute approximate surface area is 145 Å². The van der Waals surface area contributed by atoms with Crippen LogP contribution in [0.4, 0.5) is 0 Å². The van der Waals surface area contributed by atoms with Gasteiger partial charge in [0.2, 0.25) is 0 Å². The third-order valence-corrected chi connectivity index (χ3v) is 0.750. The molecule has 0 amide bonds. The second-order valence-corrected chi connectivity index (χ2v) is 1.31. The van der Waals surface area contributed by atoms with E-state index in [4.69, 9.17) is 42.4 Å². The van der Waals surface area contributed by atoms with Crippen molar-refractivity contribution in [3.63, 3.8) is 0 Å². The summed E-state index contributed by atoms with van der Waals surface area (Å²) in [7, 11) is 0. The van der Waals surface area contributed by atoms with Gasteiger partial charge in [0.05, 0.1) is 0 Å². The fourth-order valence-corrected chi connectivity index (χ4v) is 0.562. The number of nitrogens with zero attached hydrogens (tertiary/aromatic N) is 2. The molecule has 0 aromatic heterocycles. The molecule has 0 aliphatic heterocycles. The van der Waals surface area contributed by atoms with E-state index in [1.54, 1.807) is 0 Å². The Kier molecular flexibility index (Phi) is 2410. The van der Waals surface area contributed by atoms with E-state index in [9.17, 15) is 0 Å². The Bertz CT molecular complexity index is 141. The Morgan fingerprint density at radius 1 is 0.842 bits per heavy atom. The van der Waals surface area contributed by atoms with Crippen LogP contribution in [0, 0.1) is 43.6 Å². The first-order valence-corrected chi connectivity index (χ1v) is 4.12. The molecule has 0 unspecified atom stereocenters. The van der Waals surface area contributed by atoms with Gasteiger partial charge in [-0.1, -0.05) is 0 Å². The summed E-state index contributed by atoms with van der Waals surface area (Å²) in [6.07, 6.45) is 0. The topological polar surface area (TPSA) is 136 Å². The Balaban J connectivity index is -0.00000000912. The van der Waals surface area contributed by atoms with Crippen molar-refractivity contribution in [3.05, 3.63) is 33.1 Å². The molecule has 19 heavy (non-hydrogen) atoms. The van der Waals surface area contributed by atoms with Crippen LogP contribution in [0.1, 0.15) is 0 Å². The van der Waals surface area contributed by atoms with Gasteiger partial charge in [0, 0.05) is 0 Å². The average Bonchev–Trinajstić information content (AvgIpc) is 2.52. The molecule has 11 heteroatoms. The van der Waals surface area contributed by atoms with E-state index in [1.807, 2.05) is 0 Å². The summed E-state index contributed by atoms with van der Waals surface area (Å²) in [6.45, 7) is 26.2. The molecule has 0 rings (SSSR count). The van der Waals surface area contributed by atoms with Gasteiger partial charge in [-0.25, -0.2) is 5.32 Å². The smallest absolute Gasteiger partial charge is 0.545 e. The quantitative estimate of drug-likeness (QED) is 0.261. The molecule has 0 aliphatic carbocycles. The van der Waals surface area contributed by atoms with E-state index in [2.05, 4.69) is 57.3 Å². The molecule has 0 heterocycles. The maximum atomic E-state index is 7.75. The summed E-state index contributed by atoms with van der Waals surface area (Å²) < 4.78 is 22.5. The van der Waals surface area contributed by atoms with Crippen LogP contribution < -0.4 is 5.32 Å². The summed E-state index contributed by atoms with van der Waals surface area (Å²) >= 11 is 6.42. The molecule has 0 saturated carbocycles. The van der Waals surface area contributed by atoms with Crippen molar-refractivity contribution >= 4 is 32.0 Å². The van der Waals surface area contributed by atoms with Gasteiger partial charge < -0.3 is 28.5 Å². The van der Waals surface area contributed by atoms with E-state index in [1.165, 1.54) is 0 Å². The molecule has 0 aromatic rings. The molecule has 0 atom stereocenters. The molecule has 0 saturated heterocycles. The van der Waals surface area contributed by atoms with Crippen LogP contribution in [0.25, 0.3) is 0 Å². The van der Waals surface area contributed by atoms with Crippen molar-refractivity contribution in [3.8, 4) is 0 Å². The van der Waals surface area contributed by atoms with E-state index in [0.29, 0.717) is 0 Å². The maximum Gasteiger partial charge on any atom is 4.00 e. The van der Waals surface area contributed by atoms with Crippen molar-refractivity contribution < 1.29 is 52.9 Å². The Morgan fingerprint density at radius 3 is 0.947 bits per heavy atom. The van der Waals surface area contributed by atoms with Crippen LogP contribution in [0.5, 0.6) is 0 Å². The zero-order valence-electron chi connectivity index (χ0n) is 9.23. The fraction of sp³-hybridized carbons (Fsp3) is 0.250. The first-order chi connectivity index (χ1) is 8.41. The number of hydrogen-bond acceptors (Lipinski definition) is 4. The SMILES string of the molecule is [C-]#N.[C-]#N.[C-]#[O+].[C-]#[O+].[C-]#[O+].[CH-]=O.[Fe+2].[Fe+4].[SH2+]CNC[SH2+].